The number of hydrogen-bond donors (Lipinski definition) is 1. The normalized spacial score (nSPS) is 26.4. The average molecular weight is 331 g/mol. The van der Waals surface area contributed by atoms with Crippen LogP contribution < -0.4 is 5.73 Å². The third-order valence-corrected chi connectivity index (χ3v) is 4.15. The molecule has 106 valence electrons. The van der Waals surface area contributed by atoms with Gasteiger partial charge < -0.3 is 10.5 Å². The van der Waals surface area contributed by atoms with Gasteiger partial charge in [-0.05, 0) is 37.6 Å². The average Bonchev–Trinajstić information content (AvgIpc) is 2.33. The summed E-state index contributed by atoms with van der Waals surface area (Å²) in [6, 6.07) is 4.76. The zero-order valence-corrected chi connectivity index (χ0v) is 12.9. The second kappa shape index (κ2) is 6.31. The number of hydrogen-bond acceptors (Lipinski definition) is 3. The molecule has 5 heteroatoms. The van der Waals surface area contributed by atoms with Crippen LogP contribution in [-0.2, 0) is 4.74 Å². The van der Waals surface area contributed by atoms with Crippen LogP contribution in [0.2, 0.25) is 0 Å². The minimum atomic E-state index is -0.231. The fraction of sp³-hybridized carbons (Fsp3) is 0.571. The van der Waals surface area contributed by atoms with E-state index in [1.54, 1.807) is 12.1 Å². The number of ether oxygens (including phenoxy) is 1. The number of morpholine rings is 1. The van der Waals surface area contributed by atoms with E-state index in [4.69, 9.17) is 10.5 Å². The van der Waals surface area contributed by atoms with Gasteiger partial charge in [0.25, 0.3) is 0 Å². The predicted molar refractivity (Wildman–Crippen MR) is 77.5 cm³/mol. The SMILES string of the molecule is CC1CN(C(CN)c2cc(F)ccc2Br)CC(C)O1. The molecule has 3 nitrogen and oxygen atoms in total. The molecule has 0 aromatic heterocycles. The summed E-state index contributed by atoms with van der Waals surface area (Å²) in [6.45, 7) is 6.19. The number of nitrogens with two attached hydrogens (primary N) is 1. The quantitative estimate of drug-likeness (QED) is 0.926. The smallest absolute Gasteiger partial charge is 0.123 e. The van der Waals surface area contributed by atoms with Crippen molar-refractivity contribution in [2.75, 3.05) is 19.6 Å². The molecule has 0 saturated carbocycles. The summed E-state index contributed by atoms with van der Waals surface area (Å²) < 4.78 is 20.1. The van der Waals surface area contributed by atoms with Gasteiger partial charge in [-0.3, -0.25) is 4.90 Å². The van der Waals surface area contributed by atoms with Crippen LogP contribution in [0.3, 0.4) is 0 Å². The molecule has 0 spiro atoms. The van der Waals surface area contributed by atoms with Crippen LogP contribution in [0.4, 0.5) is 4.39 Å². The fourth-order valence-electron chi connectivity index (χ4n) is 2.71. The van der Waals surface area contributed by atoms with Gasteiger partial charge >= 0.3 is 0 Å². The molecular weight excluding hydrogens is 311 g/mol. The van der Waals surface area contributed by atoms with Crippen LogP contribution >= 0.6 is 15.9 Å². The van der Waals surface area contributed by atoms with Crippen molar-refractivity contribution in [2.24, 2.45) is 5.73 Å². The summed E-state index contributed by atoms with van der Waals surface area (Å²) in [5.74, 6) is -0.231. The topological polar surface area (TPSA) is 38.5 Å². The molecule has 0 bridgehead atoms. The summed E-state index contributed by atoms with van der Waals surface area (Å²) in [5, 5.41) is 0. The van der Waals surface area contributed by atoms with Gasteiger partial charge in [-0.25, -0.2) is 4.39 Å². The van der Waals surface area contributed by atoms with Crippen molar-refractivity contribution in [1.82, 2.24) is 4.90 Å². The van der Waals surface area contributed by atoms with Crippen molar-refractivity contribution in [3.63, 3.8) is 0 Å². The number of halogens is 2. The molecule has 0 amide bonds. The molecule has 0 aliphatic carbocycles. The maximum absolute atomic E-state index is 13.5. The molecule has 3 unspecified atom stereocenters. The minimum Gasteiger partial charge on any atom is -0.373 e. The standard InChI is InChI=1S/C14H20BrFN2O/c1-9-7-18(8-10(2)19-9)14(6-17)12-5-11(16)3-4-13(12)15/h3-5,9-10,14H,6-8,17H2,1-2H3. The Labute approximate surface area is 122 Å². The molecule has 1 heterocycles. The lowest BCUT2D eigenvalue weighted by atomic mass is 10.0. The monoisotopic (exact) mass is 330 g/mol. The Hall–Kier alpha value is -0.490. The zero-order valence-electron chi connectivity index (χ0n) is 11.3. The van der Waals surface area contributed by atoms with Crippen LogP contribution in [0.1, 0.15) is 25.5 Å². The molecule has 1 fully saturated rings. The number of benzene rings is 1. The molecule has 2 rings (SSSR count). The molecule has 1 saturated heterocycles. The van der Waals surface area contributed by atoms with Gasteiger partial charge in [-0.2, -0.15) is 0 Å². The third-order valence-electron chi connectivity index (χ3n) is 3.43. The lowest BCUT2D eigenvalue weighted by Gasteiger charge is -2.40. The molecule has 1 aromatic carbocycles. The van der Waals surface area contributed by atoms with E-state index >= 15 is 0 Å². The number of rotatable bonds is 3. The van der Waals surface area contributed by atoms with Gasteiger partial charge in [0.15, 0.2) is 0 Å². The highest BCUT2D eigenvalue weighted by molar-refractivity contribution is 9.10. The van der Waals surface area contributed by atoms with E-state index in [0.717, 1.165) is 23.1 Å². The summed E-state index contributed by atoms with van der Waals surface area (Å²) in [6.07, 6.45) is 0.343. The Balaban J connectivity index is 2.26. The van der Waals surface area contributed by atoms with Gasteiger partial charge in [-0.15, -0.1) is 0 Å². The Kier molecular flexibility index (Phi) is 4.95. The highest BCUT2D eigenvalue weighted by Gasteiger charge is 2.29. The molecule has 1 aliphatic heterocycles. The lowest BCUT2D eigenvalue weighted by Crippen LogP contribution is -2.48. The van der Waals surface area contributed by atoms with Gasteiger partial charge in [0.05, 0.1) is 12.2 Å². The van der Waals surface area contributed by atoms with E-state index in [2.05, 4.69) is 34.7 Å². The second-order valence-electron chi connectivity index (χ2n) is 5.13. The van der Waals surface area contributed by atoms with E-state index < -0.39 is 0 Å². The fourth-order valence-corrected chi connectivity index (χ4v) is 3.23. The highest BCUT2D eigenvalue weighted by Crippen LogP contribution is 2.30. The predicted octanol–water partition coefficient (Wildman–Crippen LogP) is 2.70. The maximum atomic E-state index is 13.5. The molecule has 1 aromatic rings. The first-order valence-corrected chi connectivity index (χ1v) is 7.35. The first-order valence-electron chi connectivity index (χ1n) is 6.55. The van der Waals surface area contributed by atoms with Crippen LogP contribution in [0, 0.1) is 5.82 Å². The molecule has 2 N–H and O–H groups in total. The summed E-state index contributed by atoms with van der Waals surface area (Å²) in [4.78, 5) is 2.28. The number of nitrogens with zero attached hydrogens (tertiary/aromatic N) is 1. The van der Waals surface area contributed by atoms with E-state index in [1.165, 1.54) is 6.07 Å². The minimum absolute atomic E-state index is 0.0128. The van der Waals surface area contributed by atoms with Crippen LogP contribution in [-0.4, -0.2) is 36.7 Å². The van der Waals surface area contributed by atoms with Crippen molar-refractivity contribution in [3.8, 4) is 0 Å². The van der Waals surface area contributed by atoms with Gasteiger partial charge in [0, 0.05) is 30.1 Å². The van der Waals surface area contributed by atoms with Gasteiger partial charge in [-0.1, -0.05) is 15.9 Å². The van der Waals surface area contributed by atoms with Crippen molar-refractivity contribution >= 4 is 15.9 Å². The van der Waals surface area contributed by atoms with Gasteiger partial charge in [0.2, 0.25) is 0 Å². The van der Waals surface area contributed by atoms with Crippen molar-refractivity contribution in [3.05, 3.63) is 34.1 Å². The lowest BCUT2D eigenvalue weighted by molar-refractivity contribution is -0.0800. The molecular formula is C14H20BrFN2O. The molecule has 0 radical (unpaired) electrons. The maximum Gasteiger partial charge on any atom is 0.123 e. The van der Waals surface area contributed by atoms with Crippen LogP contribution in [0.25, 0.3) is 0 Å². The van der Waals surface area contributed by atoms with E-state index in [1.807, 2.05) is 0 Å². The third kappa shape index (κ3) is 3.54. The Morgan fingerprint density at radius 2 is 2.05 bits per heavy atom. The van der Waals surface area contributed by atoms with E-state index in [0.29, 0.717) is 6.54 Å². The summed E-state index contributed by atoms with van der Waals surface area (Å²) >= 11 is 3.49. The zero-order chi connectivity index (χ0) is 14.0. The summed E-state index contributed by atoms with van der Waals surface area (Å²) in [7, 11) is 0. The first kappa shape index (κ1) is 14.9. The molecule has 1 aliphatic rings. The van der Waals surface area contributed by atoms with E-state index in [9.17, 15) is 4.39 Å². The van der Waals surface area contributed by atoms with Crippen molar-refractivity contribution < 1.29 is 9.13 Å². The second-order valence-corrected chi connectivity index (χ2v) is 5.98. The molecule has 19 heavy (non-hydrogen) atoms. The van der Waals surface area contributed by atoms with Crippen LogP contribution in [0.15, 0.2) is 22.7 Å². The van der Waals surface area contributed by atoms with Crippen molar-refractivity contribution in [2.45, 2.75) is 32.1 Å². The molecule has 3 atom stereocenters. The van der Waals surface area contributed by atoms with Gasteiger partial charge in [0.1, 0.15) is 5.82 Å². The van der Waals surface area contributed by atoms with Crippen LogP contribution in [0.5, 0.6) is 0 Å². The largest absolute Gasteiger partial charge is 0.373 e. The Morgan fingerprint density at radius 3 is 2.63 bits per heavy atom. The highest BCUT2D eigenvalue weighted by atomic mass is 79.9. The Morgan fingerprint density at radius 1 is 1.42 bits per heavy atom. The van der Waals surface area contributed by atoms with Crippen molar-refractivity contribution in [1.29, 1.82) is 0 Å². The first-order chi connectivity index (χ1) is 9.01. The summed E-state index contributed by atoms with van der Waals surface area (Å²) in [5.41, 5.74) is 6.83. The Bertz CT molecular complexity index is 433. The van der Waals surface area contributed by atoms with E-state index in [-0.39, 0.29) is 24.1 Å².